The van der Waals surface area contributed by atoms with Gasteiger partial charge >= 0.3 is 0 Å². The van der Waals surface area contributed by atoms with E-state index in [1.54, 1.807) is 0 Å². The first-order valence-electron chi connectivity index (χ1n) is 8.12. The van der Waals surface area contributed by atoms with Crippen LogP contribution < -0.4 is 5.32 Å². The van der Waals surface area contributed by atoms with Gasteiger partial charge in [-0.2, -0.15) is 0 Å². The third-order valence-corrected chi connectivity index (χ3v) is 4.73. The molecule has 0 radical (unpaired) electrons. The van der Waals surface area contributed by atoms with Crippen molar-refractivity contribution >= 4 is 0 Å². The monoisotopic (exact) mass is 274 g/mol. The Bertz CT molecular complexity index is 386. The number of nitrogens with one attached hydrogen (secondary N) is 1. The summed E-state index contributed by atoms with van der Waals surface area (Å²) in [5, 5.41) is 3.66. The van der Waals surface area contributed by atoms with Crippen molar-refractivity contribution in [1.29, 1.82) is 0 Å². The van der Waals surface area contributed by atoms with Gasteiger partial charge in [0.05, 0.1) is 0 Å². The minimum absolute atomic E-state index is 0.454. The highest BCUT2D eigenvalue weighted by atomic mass is 15.1. The summed E-state index contributed by atoms with van der Waals surface area (Å²) in [5.41, 5.74) is 1.41. The largest absolute Gasteiger partial charge is 0.310 e. The molecule has 1 N–H and O–H groups in total. The maximum atomic E-state index is 3.66. The Kier molecular flexibility index (Phi) is 5.62. The van der Waals surface area contributed by atoms with E-state index in [2.05, 4.69) is 68.4 Å². The van der Waals surface area contributed by atoms with Crippen molar-refractivity contribution < 1.29 is 0 Å². The van der Waals surface area contributed by atoms with Gasteiger partial charge in [-0.1, -0.05) is 44.2 Å². The summed E-state index contributed by atoms with van der Waals surface area (Å²) in [6, 6.07) is 12.1. The second-order valence-electron chi connectivity index (χ2n) is 6.44. The lowest BCUT2D eigenvalue weighted by atomic mass is 9.93. The van der Waals surface area contributed by atoms with Crippen LogP contribution in [0, 0.1) is 11.8 Å². The lowest BCUT2D eigenvalue weighted by Crippen LogP contribution is -2.38. The molecular formula is C18H30N2. The molecule has 0 heterocycles. The molecule has 0 bridgehead atoms. The van der Waals surface area contributed by atoms with Gasteiger partial charge in [0, 0.05) is 18.6 Å². The highest BCUT2D eigenvalue weighted by molar-refractivity contribution is 5.19. The zero-order valence-electron chi connectivity index (χ0n) is 13.5. The van der Waals surface area contributed by atoms with E-state index in [-0.39, 0.29) is 0 Å². The maximum Gasteiger partial charge on any atom is 0.0358 e. The van der Waals surface area contributed by atoms with E-state index in [0.717, 1.165) is 25.0 Å². The number of benzene rings is 1. The molecular weight excluding hydrogens is 244 g/mol. The van der Waals surface area contributed by atoms with Gasteiger partial charge in [0.2, 0.25) is 0 Å². The quantitative estimate of drug-likeness (QED) is 0.777. The Labute approximate surface area is 124 Å². The van der Waals surface area contributed by atoms with Crippen LogP contribution in [0.4, 0.5) is 0 Å². The summed E-state index contributed by atoms with van der Waals surface area (Å²) >= 11 is 0. The van der Waals surface area contributed by atoms with Crippen molar-refractivity contribution in [2.24, 2.45) is 11.8 Å². The van der Waals surface area contributed by atoms with Crippen molar-refractivity contribution in [3.63, 3.8) is 0 Å². The first kappa shape index (κ1) is 15.5. The zero-order chi connectivity index (χ0) is 14.5. The van der Waals surface area contributed by atoms with E-state index in [1.807, 2.05) is 0 Å². The highest BCUT2D eigenvalue weighted by Gasteiger charge is 2.31. The summed E-state index contributed by atoms with van der Waals surface area (Å²) in [7, 11) is 2.29. The molecule has 20 heavy (non-hydrogen) atoms. The second-order valence-corrected chi connectivity index (χ2v) is 6.44. The number of hydrogen-bond donors (Lipinski definition) is 1. The van der Waals surface area contributed by atoms with Crippen molar-refractivity contribution in [1.82, 2.24) is 10.2 Å². The predicted octanol–water partition coefficient (Wildman–Crippen LogP) is 3.70. The van der Waals surface area contributed by atoms with Gasteiger partial charge in [0.25, 0.3) is 0 Å². The van der Waals surface area contributed by atoms with Crippen molar-refractivity contribution in [2.45, 2.75) is 45.7 Å². The fraction of sp³-hybridized carbons (Fsp3) is 0.667. The third-order valence-electron chi connectivity index (χ3n) is 4.73. The van der Waals surface area contributed by atoms with Gasteiger partial charge in [0.15, 0.2) is 0 Å². The van der Waals surface area contributed by atoms with Crippen LogP contribution in [0.5, 0.6) is 0 Å². The topological polar surface area (TPSA) is 15.3 Å². The van der Waals surface area contributed by atoms with E-state index in [9.17, 15) is 0 Å². The van der Waals surface area contributed by atoms with Crippen LogP contribution in [-0.4, -0.2) is 31.1 Å². The summed E-state index contributed by atoms with van der Waals surface area (Å²) < 4.78 is 0. The molecule has 0 amide bonds. The summed E-state index contributed by atoms with van der Waals surface area (Å²) in [6.07, 6.45) is 2.85. The molecule has 1 saturated carbocycles. The van der Waals surface area contributed by atoms with E-state index in [0.29, 0.717) is 12.0 Å². The Morgan fingerprint density at radius 3 is 2.40 bits per heavy atom. The van der Waals surface area contributed by atoms with Gasteiger partial charge in [-0.25, -0.2) is 0 Å². The van der Waals surface area contributed by atoms with Crippen LogP contribution in [0.25, 0.3) is 0 Å². The fourth-order valence-corrected chi connectivity index (χ4v) is 3.19. The number of rotatable bonds is 8. The molecule has 2 heteroatoms. The second kappa shape index (κ2) is 7.24. The molecule has 2 nitrogen and oxygen atoms in total. The highest BCUT2D eigenvalue weighted by Crippen LogP contribution is 2.35. The average Bonchev–Trinajstić information content (AvgIpc) is 3.29. The van der Waals surface area contributed by atoms with Crippen molar-refractivity contribution in [2.75, 3.05) is 20.1 Å². The molecule has 0 spiro atoms. The van der Waals surface area contributed by atoms with Gasteiger partial charge in [0.1, 0.15) is 0 Å². The lowest BCUT2D eigenvalue weighted by molar-refractivity contribution is 0.185. The van der Waals surface area contributed by atoms with Crippen molar-refractivity contribution in [3.8, 4) is 0 Å². The predicted molar refractivity (Wildman–Crippen MR) is 86.8 cm³/mol. The summed E-state index contributed by atoms with van der Waals surface area (Å²) in [6.45, 7) is 9.13. The number of hydrogen-bond acceptors (Lipinski definition) is 2. The molecule has 1 aliphatic carbocycles. The molecule has 1 aromatic carbocycles. The summed E-state index contributed by atoms with van der Waals surface area (Å²) in [4.78, 5) is 2.55. The van der Waals surface area contributed by atoms with Crippen LogP contribution in [-0.2, 0) is 0 Å². The Hall–Kier alpha value is -0.860. The van der Waals surface area contributed by atoms with Gasteiger partial charge < -0.3 is 10.2 Å². The lowest BCUT2D eigenvalue weighted by Gasteiger charge is -2.32. The van der Waals surface area contributed by atoms with Gasteiger partial charge in [-0.15, -0.1) is 0 Å². The molecule has 0 saturated heterocycles. The Morgan fingerprint density at radius 1 is 1.20 bits per heavy atom. The molecule has 0 aliphatic heterocycles. The average molecular weight is 274 g/mol. The molecule has 112 valence electrons. The van der Waals surface area contributed by atoms with E-state index in [1.165, 1.54) is 18.4 Å². The van der Waals surface area contributed by atoms with Crippen LogP contribution in [0.3, 0.4) is 0 Å². The van der Waals surface area contributed by atoms with E-state index in [4.69, 9.17) is 0 Å². The Balaban J connectivity index is 1.97. The molecule has 2 rings (SSSR count). The standard InChI is InChI=1S/C18H30N2/c1-5-19-18(17-9-7-6-8-10-17)14(2)13-20(4)15(3)16-11-12-16/h6-10,14-16,18-19H,5,11-13H2,1-4H3. The third kappa shape index (κ3) is 4.07. The maximum absolute atomic E-state index is 3.66. The molecule has 1 aromatic rings. The van der Waals surface area contributed by atoms with Crippen LogP contribution in [0.15, 0.2) is 30.3 Å². The van der Waals surface area contributed by atoms with Crippen LogP contribution in [0.1, 0.15) is 45.2 Å². The first-order chi connectivity index (χ1) is 9.63. The molecule has 0 aromatic heterocycles. The Morgan fingerprint density at radius 2 is 1.85 bits per heavy atom. The molecule has 1 aliphatic rings. The van der Waals surface area contributed by atoms with Crippen LogP contribution in [0.2, 0.25) is 0 Å². The fourth-order valence-electron chi connectivity index (χ4n) is 3.19. The number of nitrogens with zero attached hydrogens (tertiary/aromatic N) is 1. The molecule has 3 unspecified atom stereocenters. The van der Waals surface area contributed by atoms with E-state index < -0.39 is 0 Å². The summed E-state index contributed by atoms with van der Waals surface area (Å²) in [5.74, 6) is 1.56. The van der Waals surface area contributed by atoms with Gasteiger partial charge in [-0.05, 0) is 50.8 Å². The first-order valence-corrected chi connectivity index (χ1v) is 8.12. The van der Waals surface area contributed by atoms with Crippen LogP contribution >= 0.6 is 0 Å². The minimum atomic E-state index is 0.454. The van der Waals surface area contributed by atoms with Gasteiger partial charge in [-0.3, -0.25) is 0 Å². The molecule has 1 fully saturated rings. The minimum Gasteiger partial charge on any atom is -0.310 e. The zero-order valence-corrected chi connectivity index (χ0v) is 13.5. The van der Waals surface area contributed by atoms with E-state index >= 15 is 0 Å². The normalized spacial score (nSPS) is 19.9. The van der Waals surface area contributed by atoms with Crippen molar-refractivity contribution in [3.05, 3.63) is 35.9 Å². The smallest absolute Gasteiger partial charge is 0.0358 e. The SMILES string of the molecule is CCNC(c1ccccc1)C(C)CN(C)C(C)C1CC1. The molecule has 3 atom stereocenters.